The number of aliphatic hydroxyl groups is 1. The minimum atomic E-state index is -0.484. The second-order valence-corrected chi connectivity index (χ2v) is 3.46. The SMILES string of the molecule is COC(C)(CCO)c1ccc(O)cc1. The van der Waals surface area contributed by atoms with Gasteiger partial charge in [0.15, 0.2) is 0 Å². The first-order chi connectivity index (χ1) is 6.62. The first kappa shape index (κ1) is 11.0. The van der Waals surface area contributed by atoms with Crippen molar-refractivity contribution in [1.82, 2.24) is 0 Å². The smallest absolute Gasteiger partial charge is 0.115 e. The lowest BCUT2D eigenvalue weighted by atomic mass is 9.92. The van der Waals surface area contributed by atoms with E-state index in [2.05, 4.69) is 0 Å². The summed E-state index contributed by atoms with van der Waals surface area (Å²) in [7, 11) is 1.61. The van der Waals surface area contributed by atoms with Crippen molar-refractivity contribution in [3.63, 3.8) is 0 Å². The number of phenols is 1. The van der Waals surface area contributed by atoms with Crippen molar-refractivity contribution in [3.8, 4) is 5.75 Å². The molecule has 0 amide bonds. The van der Waals surface area contributed by atoms with E-state index in [1.54, 1.807) is 31.4 Å². The Kier molecular flexibility index (Phi) is 3.49. The van der Waals surface area contributed by atoms with E-state index in [4.69, 9.17) is 14.9 Å². The van der Waals surface area contributed by atoms with Crippen LogP contribution < -0.4 is 0 Å². The molecule has 0 heterocycles. The number of hydrogen-bond donors (Lipinski definition) is 2. The standard InChI is InChI=1S/C11H16O3/c1-11(14-2,7-8-12)9-3-5-10(13)6-4-9/h3-6,12-13H,7-8H2,1-2H3. The Morgan fingerprint density at radius 3 is 2.29 bits per heavy atom. The lowest BCUT2D eigenvalue weighted by molar-refractivity contribution is -0.0173. The maximum Gasteiger partial charge on any atom is 0.115 e. The number of rotatable bonds is 4. The van der Waals surface area contributed by atoms with E-state index in [0.717, 1.165) is 5.56 Å². The molecule has 1 rings (SSSR count). The molecule has 0 radical (unpaired) electrons. The Bertz CT molecular complexity index is 281. The topological polar surface area (TPSA) is 49.7 Å². The normalized spacial score (nSPS) is 15.1. The molecule has 1 atom stereocenters. The molecule has 0 aliphatic rings. The van der Waals surface area contributed by atoms with E-state index < -0.39 is 5.60 Å². The molecule has 3 nitrogen and oxygen atoms in total. The van der Waals surface area contributed by atoms with Gasteiger partial charge in [0.05, 0.1) is 5.60 Å². The first-order valence-electron chi connectivity index (χ1n) is 4.58. The van der Waals surface area contributed by atoms with Crippen molar-refractivity contribution in [3.05, 3.63) is 29.8 Å². The second-order valence-electron chi connectivity index (χ2n) is 3.46. The number of benzene rings is 1. The molecule has 0 bridgehead atoms. The highest BCUT2D eigenvalue weighted by Gasteiger charge is 2.25. The minimum Gasteiger partial charge on any atom is -0.508 e. The highest BCUT2D eigenvalue weighted by atomic mass is 16.5. The van der Waals surface area contributed by atoms with Crippen molar-refractivity contribution >= 4 is 0 Å². The van der Waals surface area contributed by atoms with Crippen LogP contribution in [0.1, 0.15) is 18.9 Å². The summed E-state index contributed by atoms with van der Waals surface area (Å²) in [6, 6.07) is 6.83. The Morgan fingerprint density at radius 2 is 1.86 bits per heavy atom. The molecule has 2 N–H and O–H groups in total. The lowest BCUT2D eigenvalue weighted by Crippen LogP contribution is -2.25. The largest absolute Gasteiger partial charge is 0.508 e. The van der Waals surface area contributed by atoms with E-state index >= 15 is 0 Å². The summed E-state index contributed by atoms with van der Waals surface area (Å²) in [5.74, 6) is 0.233. The van der Waals surface area contributed by atoms with Crippen molar-refractivity contribution in [2.45, 2.75) is 18.9 Å². The average molecular weight is 196 g/mol. The van der Waals surface area contributed by atoms with Gasteiger partial charge in [-0.05, 0) is 24.6 Å². The fourth-order valence-corrected chi connectivity index (χ4v) is 1.39. The predicted octanol–water partition coefficient (Wildman–Crippen LogP) is 1.64. The maximum absolute atomic E-state index is 9.13. The third kappa shape index (κ3) is 2.25. The summed E-state index contributed by atoms with van der Waals surface area (Å²) >= 11 is 0. The Hall–Kier alpha value is -1.06. The maximum atomic E-state index is 9.13. The van der Waals surface area contributed by atoms with Gasteiger partial charge in [0.2, 0.25) is 0 Å². The number of hydrogen-bond acceptors (Lipinski definition) is 3. The van der Waals surface area contributed by atoms with Crippen LogP contribution in [0.4, 0.5) is 0 Å². The van der Waals surface area contributed by atoms with E-state index in [1.165, 1.54) is 0 Å². The Morgan fingerprint density at radius 1 is 1.29 bits per heavy atom. The summed E-state index contributed by atoms with van der Waals surface area (Å²) in [5.41, 5.74) is 0.467. The fraction of sp³-hybridized carbons (Fsp3) is 0.455. The minimum absolute atomic E-state index is 0.0746. The van der Waals surface area contributed by atoms with E-state index in [9.17, 15) is 0 Å². The van der Waals surface area contributed by atoms with Gasteiger partial charge in [-0.2, -0.15) is 0 Å². The zero-order valence-electron chi connectivity index (χ0n) is 8.53. The van der Waals surface area contributed by atoms with Gasteiger partial charge in [-0.25, -0.2) is 0 Å². The quantitative estimate of drug-likeness (QED) is 0.769. The van der Waals surface area contributed by atoms with Crippen LogP contribution in [0.25, 0.3) is 0 Å². The molecule has 1 unspecified atom stereocenters. The zero-order valence-corrected chi connectivity index (χ0v) is 8.53. The Balaban J connectivity index is 2.94. The van der Waals surface area contributed by atoms with Gasteiger partial charge in [0.25, 0.3) is 0 Å². The van der Waals surface area contributed by atoms with E-state index in [-0.39, 0.29) is 12.4 Å². The van der Waals surface area contributed by atoms with Crippen LogP contribution in [-0.4, -0.2) is 23.9 Å². The molecule has 78 valence electrons. The van der Waals surface area contributed by atoms with Gasteiger partial charge in [-0.3, -0.25) is 0 Å². The molecule has 3 heteroatoms. The molecular weight excluding hydrogens is 180 g/mol. The van der Waals surface area contributed by atoms with Crippen molar-refractivity contribution in [2.75, 3.05) is 13.7 Å². The molecular formula is C11H16O3. The Labute approximate surface area is 84.0 Å². The molecule has 0 aromatic heterocycles. The van der Waals surface area contributed by atoms with Crippen LogP contribution in [-0.2, 0) is 10.3 Å². The number of ether oxygens (including phenoxy) is 1. The molecule has 0 saturated carbocycles. The third-order valence-electron chi connectivity index (χ3n) is 2.52. The van der Waals surface area contributed by atoms with Crippen molar-refractivity contribution < 1.29 is 14.9 Å². The highest BCUT2D eigenvalue weighted by molar-refractivity contribution is 5.29. The second kappa shape index (κ2) is 4.44. The molecule has 1 aromatic carbocycles. The van der Waals surface area contributed by atoms with Crippen LogP contribution in [0.2, 0.25) is 0 Å². The number of phenolic OH excluding ortho intramolecular Hbond substituents is 1. The van der Waals surface area contributed by atoms with Gasteiger partial charge >= 0.3 is 0 Å². The van der Waals surface area contributed by atoms with Crippen LogP contribution >= 0.6 is 0 Å². The molecule has 0 aliphatic heterocycles. The average Bonchev–Trinajstić information content (AvgIpc) is 2.19. The lowest BCUT2D eigenvalue weighted by Gasteiger charge is -2.27. The number of methoxy groups -OCH3 is 1. The summed E-state index contributed by atoms with van der Waals surface area (Å²) in [4.78, 5) is 0. The van der Waals surface area contributed by atoms with Crippen LogP contribution in [0.3, 0.4) is 0 Å². The van der Waals surface area contributed by atoms with Crippen molar-refractivity contribution in [2.24, 2.45) is 0 Å². The van der Waals surface area contributed by atoms with Gasteiger partial charge in [0, 0.05) is 20.1 Å². The molecule has 0 saturated heterocycles. The van der Waals surface area contributed by atoms with Crippen molar-refractivity contribution in [1.29, 1.82) is 0 Å². The number of aromatic hydroxyl groups is 1. The summed E-state index contributed by atoms with van der Waals surface area (Å²) in [5, 5.41) is 18.1. The first-order valence-corrected chi connectivity index (χ1v) is 4.58. The summed E-state index contributed by atoms with van der Waals surface area (Å²) in [6.45, 7) is 1.99. The predicted molar refractivity (Wildman–Crippen MR) is 54.2 cm³/mol. The summed E-state index contributed by atoms with van der Waals surface area (Å²) in [6.07, 6.45) is 0.536. The van der Waals surface area contributed by atoms with Crippen LogP contribution in [0, 0.1) is 0 Å². The molecule has 0 spiro atoms. The molecule has 0 aliphatic carbocycles. The molecule has 1 aromatic rings. The summed E-state index contributed by atoms with van der Waals surface area (Å²) < 4.78 is 5.36. The van der Waals surface area contributed by atoms with Crippen LogP contribution in [0.15, 0.2) is 24.3 Å². The zero-order chi connectivity index (χ0) is 10.6. The van der Waals surface area contributed by atoms with Crippen LogP contribution in [0.5, 0.6) is 5.75 Å². The third-order valence-corrected chi connectivity index (χ3v) is 2.52. The van der Waals surface area contributed by atoms with Gasteiger partial charge in [0.1, 0.15) is 5.75 Å². The molecule has 14 heavy (non-hydrogen) atoms. The van der Waals surface area contributed by atoms with Gasteiger partial charge in [-0.15, -0.1) is 0 Å². The van der Waals surface area contributed by atoms with E-state index in [0.29, 0.717) is 6.42 Å². The highest BCUT2D eigenvalue weighted by Crippen LogP contribution is 2.29. The monoisotopic (exact) mass is 196 g/mol. The fourth-order valence-electron chi connectivity index (χ4n) is 1.39. The van der Waals surface area contributed by atoms with Gasteiger partial charge < -0.3 is 14.9 Å². The molecule has 0 fully saturated rings. The van der Waals surface area contributed by atoms with Gasteiger partial charge in [-0.1, -0.05) is 12.1 Å². The van der Waals surface area contributed by atoms with E-state index in [1.807, 2.05) is 6.92 Å². The number of aliphatic hydroxyl groups excluding tert-OH is 1.